The van der Waals surface area contributed by atoms with Crippen LogP contribution in [0.3, 0.4) is 0 Å². The summed E-state index contributed by atoms with van der Waals surface area (Å²) in [6.07, 6.45) is 3.70. The van der Waals surface area contributed by atoms with Gasteiger partial charge >= 0.3 is 0 Å². The summed E-state index contributed by atoms with van der Waals surface area (Å²) in [5.41, 5.74) is 1.00. The Labute approximate surface area is 128 Å². The molecule has 1 aromatic rings. The van der Waals surface area contributed by atoms with Crippen LogP contribution in [0.1, 0.15) is 50.5 Å². The fourth-order valence-corrected chi connectivity index (χ4v) is 3.24. The van der Waals surface area contributed by atoms with Crippen molar-refractivity contribution in [2.75, 3.05) is 19.0 Å². The highest BCUT2D eigenvalue weighted by atomic mass is 127. The fraction of sp³-hybridized carbons (Fsp3) is 0.714. The van der Waals surface area contributed by atoms with Crippen LogP contribution < -0.4 is 5.32 Å². The summed E-state index contributed by atoms with van der Waals surface area (Å²) in [5.74, 6) is 3.26. The number of halogens is 1. The van der Waals surface area contributed by atoms with E-state index in [0.717, 1.165) is 33.4 Å². The molecule has 2 rings (SSSR count). The molecule has 1 heterocycles. The number of hydrogen-bond donors (Lipinski definition) is 1. The molecule has 0 bridgehead atoms. The first-order valence-corrected chi connectivity index (χ1v) is 8.02. The van der Waals surface area contributed by atoms with Gasteiger partial charge in [0.05, 0.1) is 15.9 Å². The maximum atomic E-state index is 5.26. The van der Waals surface area contributed by atoms with Crippen molar-refractivity contribution in [2.45, 2.75) is 45.6 Å². The predicted molar refractivity (Wildman–Crippen MR) is 85.4 cm³/mol. The molecule has 1 N–H and O–H groups in total. The Morgan fingerprint density at radius 2 is 2.16 bits per heavy atom. The molecular formula is C14H22IN3O. The van der Waals surface area contributed by atoms with Gasteiger partial charge in [0.1, 0.15) is 11.6 Å². The molecule has 0 spiro atoms. The number of methoxy groups -OCH3 is 1. The van der Waals surface area contributed by atoms with E-state index in [1.807, 2.05) is 0 Å². The molecule has 2 unspecified atom stereocenters. The van der Waals surface area contributed by atoms with Crippen molar-refractivity contribution >= 4 is 28.4 Å². The summed E-state index contributed by atoms with van der Waals surface area (Å²) in [6, 6.07) is 0. The molecule has 1 fully saturated rings. The van der Waals surface area contributed by atoms with Crippen LogP contribution in [0.5, 0.6) is 0 Å². The Morgan fingerprint density at radius 3 is 2.74 bits per heavy atom. The first-order chi connectivity index (χ1) is 9.15. The van der Waals surface area contributed by atoms with Gasteiger partial charge in [-0.25, -0.2) is 9.97 Å². The van der Waals surface area contributed by atoms with Crippen molar-refractivity contribution in [3.05, 3.63) is 15.1 Å². The molecule has 1 saturated carbocycles. The van der Waals surface area contributed by atoms with Gasteiger partial charge in [0.15, 0.2) is 0 Å². The van der Waals surface area contributed by atoms with Crippen molar-refractivity contribution < 1.29 is 4.74 Å². The zero-order chi connectivity index (χ0) is 13.8. The monoisotopic (exact) mass is 375 g/mol. The lowest BCUT2D eigenvalue weighted by Gasteiger charge is -2.15. The van der Waals surface area contributed by atoms with Gasteiger partial charge in [0, 0.05) is 19.6 Å². The average molecular weight is 375 g/mol. The zero-order valence-electron chi connectivity index (χ0n) is 11.9. The van der Waals surface area contributed by atoms with Crippen LogP contribution in [0.2, 0.25) is 0 Å². The third kappa shape index (κ3) is 3.56. The van der Waals surface area contributed by atoms with Gasteiger partial charge < -0.3 is 10.1 Å². The summed E-state index contributed by atoms with van der Waals surface area (Å²) < 4.78 is 6.34. The van der Waals surface area contributed by atoms with Crippen LogP contribution in [0.25, 0.3) is 0 Å². The SMILES string of the molecule is CCNc1nc(C2CCC(C)C2)nc(COC)c1I. The highest BCUT2D eigenvalue weighted by Crippen LogP contribution is 2.37. The Hall–Kier alpha value is -0.430. The van der Waals surface area contributed by atoms with E-state index in [0.29, 0.717) is 12.5 Å². The molecule has 0 saturated heterocycles. The minimum atomic E-state index is 0.514. The first kappa shape index (κ1) is 15.0. The second kappa shape index (κ2) is 6.83. The lowest BCUT2D eigenvalue weighted by atomic mass is 10.1. The Bertz CT molecular complexity index is 412. The molecule has 19 heavy (non-hydrogen) atoms. The van der Waals surface area contributed by atoms with Crippen molar-refractivity contribution in [3.63, 3.8) is 0 Å². The third-order valence-electron chi connectivity index (χ3n) is 3.62. The van der Waals surface area contributed by atoms with Gasteiger partial charge in [-0.2, -0.15) is 0 Å². The van der Waals surface area contributed by atoms with Crippen molar-refractivity contribution in [2.24, 2.45) is 5.92 Å². The lowest BCUT2D eigenvalue weighted by molar-refractivity contribution is 0.180. The number of rotatable bonds is 5. The van der Waals surface area contributed by atoms with Gasteiger partial charge in [-0.15, -0.1) is 0 Å². The maximum Gasteiger partial charge on any atom is 0.143 e. The highest BCUT2D eigenvalue weighted by molar-refractivity contribution is 14.1. The van der Waals surface area contributed by atoms with Gasteiger partial charge in [0.25, 0.3) is 0 Å². The molecule has 2 atom stereocenters. The smallest absolute Gasteiger partial charge is 0.143 e. The number of anilines is 1. The van der Waals surface area contributed by atoms with Crippen LogP contribution in [0.15, 0.2) is 0 Å². The molecule has 0 amide bonds. The van der Waals surface area contributed by atoms with Gasteiger partial charge in [-0.1, -0.05) is 6.92 Å². The fourth-order valence-electron chi connectivity index (χ4n) is 2.65. The van der Waals surface area contributed by atoms with E-state index < -0.39 is 0 Å². The molecule has 4 nitrogen and oxygen atoms in total. The van der Waals surface area contributed by atoms with Crippen LogP contribution in [0, 0.1) is 9.49 Å². The molecule has 1 aliphatic carbocycles. The van der Waals surface area contributed by atoms with Crippen LogP contribution in [0.4, 0.5) is 5.82 Å². The molecule has 0 radical (unpaired) electrons. The number of nitrogens with one attached hydrogen (secondary N) is 1. The van der Waals surface area contributed by atoms with E-state index in [2.05, 4.69) is 41.8 Å². The number of hydrogen-bond acceptors (Lipinski definition) is 4. The lowest BCUT2D eigenvalue weighted by Crippen LogP contribution is -2.12. The van der Waals surface area contributed by atoms with E-state index in [4.69, 9.17) is 14.7 Å². The van der Waals surface area contributed by atoms with Crippen molar-refractivity contribution in [1.29, 1.82) is 0 Å². The van der Waals surface area contributed by atoms with E-state index in [9.17, 15) is 0 Å². The van der Waals surface area contributed by atoms with Gasteiger partial charge in [-0.05, 0) is 54.7 Å². The predicted octanol–water partition coefficient (Wildman–Crippen LogP) is 3.56. The van der Waals surface area contributed by atoms with E-state index in [-0.39, 0.29) is 0 Å². The van der Waals surface area contributed by atoms with Crippen molar-refractivity contribution in [3.8, 4) is 0 Å². The van der Waals surface area contributed by atoms with Gasteiger partial charge in [0.2, 0.25) is 0 Å². The summed E-state index contributed by atoms with van der Waals surface area (Å²) in [6.45, 7) is 5.83. The van der Waals surface area contributed by atoms with Crippen LogP contribution >= 0.6 is 22.6 Å². The Balaban J connectivity index is 2.32. The molecular weight excluding hydrogens is 353 g/mol. The second-order valence-electron chi connectivity index (χ2n) is 5.27. The van der Waals surface area contributed by atoms with Gasteiger partial charge in [-0.3, -0.25) is 0 Å². The molecule has 5 heteroatoms. The summed E-state index contributed by atoms with van der Waals surface area (Å²) in [7, 11) is 1.71. The average Bonchev–Trinajstić information content (AvgIpc) is 2.81. The third-order valence-corrected chi connectivity index (χ3v) is 4.76. The quantitative estimate of drug-likeness (QED) is 0.800. The zero-order valence-corrected chi connectivity index (χ0v) is 14.0. The normalized spacial score (nSPS) is 22.7. The second-order valence-corrected chi connectivity index (χ2v) is 6.35. The minimum absolute atomic E-state index is 0.514. The number of nitrogens with zero attached hydrogens (tertiary/aromatic N) is 2. The summed E-state index contributed by atoms with van der Waals surface area (Å²) in [4.78, 5) is 9.47. The topological polar surface area (TPSA) is 47.0 Å². The van der Waals surface area contributed by atoms with E-state index >= 15 is 0 Å². The van der Waals surface area contributed by atoms with E-state index in [1.54, 1.807) is 7.11 Å². The first-order valence-electron chi connectivity index (χ1n) is 6.94. The van der Waals surface area contributed by atoms with Crippen molar-refractivity contribution in [1.82, 2.24) is 9.97 Å². The van der Waals surface area contributed by atoms with E-state index in [1.165, 1.54) is 19.3 Å². The summed E-state index contributed by atoms with van der Waals surface area (Å²) >= 11 is 2.30. The largest absolute Gasteiger partial charge is 0.378 e. The molecule has 1 aliphatic rings. The molecule has 106 valence electrons. The highest BCUT2D eigenvalue weighted by Gasteiger charge is 2.26. The standard InChI is InChI=1S/C14H22IN3O/c1-4-16-14-12(15)11(8-19-3)17-13(18-14)10-6-5-9(2)7-10/h9-10H,4-8H2,1-3H3,(H,16,17,18). The molecule has 0 aliphatic heterocycles. The molecule has 1 aromatic heterocycles. The summed E-state index contributed by atoms with van der Waals surface area (Å²) in [5, 5.41) is 3.34. The van der Waals surface area contributed by atoms with Crippen LogP contribution in [-0.4, -0.2) is 23.6 Å². The number of ether oxygens (including phenoxy) is 1. The number of aromatic nitrogens is 2. The Morgan fingerprint density at radius 1 is 1.37 bits per heavy atom. The molecule has 0 aromatic carbocycles. The Kier molecular flexibility index (Phi) is 5.38. The maximum absolute atomic E-state index is 5.26. The van der Waals surface area contributed by atoms with Crippen LogP contribution in [-0.2, 0) is 11.3 Å². The minimum Gasteiger partial charge on any atom is -0.378 e.